The van der Waals surface area contributed by atoms with Gasteiger partial charge in [-0.3, -0.25) is 4.79 Å². The van der Waals surface area contributed by atoms with Crippen molar-refractivity contribution in [1.29, 1.82) is 0 Å². The second-order valence-corrected chi connectivity index (χ2v) is 5.62. The van der Waals surface area contributed by atoms with Gasteiger partial charge >= 0.3 is 5.97 Å². The summed E-state index contributed by atoms with van der Waals surface area (Å²) in [4.78, 5) is 11.5. The number of carbonyl (C=O) groups is 1. The summed E-state index contributed by atoms with van der Waals surface area (Å²) in [5, 5.41) is 0. The first kappa shape index (κ1) is 10.4. The Morgan fingerprint density at radius 1 is 1.50 bits per heavy atom. The van der Waals surface area contributed by atoms with Crippen molar-refractivity contribution >= 4 is 5.97 Å². The Bertz CT molecular complexity index is 334. The van der Waals surface area contributed by atoms with Gasteiger partial charge in [0, 0.05) is 11.8 Å². The fourth-order valence-corrected chi connectivity index (χ4v) is 4.27. The van der Waals surface area contributed by atoms with E-state index >= 15 is 0 Å². The van der Waals surface area contributed by atoms with Gasteiger partial charge in [-0.2, -0.15) is 0 Å². The summed E-state index contributed by atoms with van der Waals surface area (Å²) in [5.74, 6) is 1.60. The van der Waals surface area contributed by atoms with Crippen molar-refractivity contribution in [1.82, 2.24) is 0 Å². The Morgan fingerprint density at radius 3 is 3.19 bits per heavy atom. The zero-order valence-electron chi connectivity index (χ0n) is 9.95. The van der Waals surface area contributed by atoms with E-state index < -0.39 is 0 Å². The van der Waals surface area contributed by atoms with Crippen LogP contribution >= 0.6 is 0 Å². The molecule has 2 heteroatoms. The molecule has 0 radical (unpaired) electrons. The largest absolute Gasteiger partial charge is 0.462 e. The van der Waals surface area contributed by atoms with Crippen molar-refractivity contribution in [2.24, 2.45) is 17.3 Å². The zero-order chi connectivity index (χ0) is 11.2. The molecule has 2 saturated carbocycles. The van der Waals surface area contributed by atoms with E-state index in [0.717, 1.165) is 24.7 Å². The number of hydrogen-bond acceptors (Lipinski definition) is 2. The maximum absolute atomic E-state index is 11.5. The second kappa shape index (κ2) is 3.61. The van der Waals surface area contributed by atoms with Gasteiger partial charge in [-0.25, -0.2) is 0 Å². The zero-order valence-corrected chi connectivity index (χ0v) is 9.95. The molecule has 0 spiro atoms. The van der Waals surface area contributed by atoms with Crippen LogP contribution in [0.15, 0.2) is 12.2 Å². The van der Waals surface area contributed by atoms with Crippen molar-refractivity contribution in [2.45, 2.75) is 51.6 Å². The van der Waals surface area contributed by atoms with Gasteiger partial charge < -0.3 is 4.74 Å². The summed E-state index contributed by atoms with van der Waals surface area (Å²) in [7, 11) is 0. The lowest BCUT2D eigenvalue weighted by atomic mass is 9.70. The van der Waals surface area contributed by atoms with E-state index in [4.69, 9.17) is 4.74 Å². The number of allylic oxidation sites excluding steroid dienone is 2. The van der Waals surface area contributed by atoms with Gasteiger partial charge in [0.15, 0.2) is 0 Å². The summed E-state index contributed by atoms with van der Waals surface area (Å²) < 4.78 is 5.68. The van der Waals surface area contributed by atoms with E-state index in [2.05, 4.69) is 12.2 Å². The third-order valence-electron chi connectivity index (χ3n) is 5.06. The summed E-state index contributed by atoms with van der Waals surface area (Å²) in [6.07, 6.45) is 11.5. The Balaban J connectivity index is 1.82. The highest BCUT2D eigenvalue weighted by Crippen LogP contribution is 2.63. The molecule has 88 valence electrons. The Labute approximate surface area is 97.1 Å². The molecule has 0 aliphatic heterocycles. The predicted octanol–water partition coefficient (Wildman–Crippen LogP) is 3.07. The molecule has 0 heterocycles. The molecule has 3 aliphatic carbocycles. The van der Waals surface area contributed by atoms with Crippen molar-refractivity contribution in [3.8, 4) is 0 Å². The van der Waals surface area contributed by atoms with E-state index in [0.29, 0.717) is 11.8 Å². The van der Waals surface area contributed by atoms with Gasteiger partial charge in [-0.05, 0) is 43.9 Å². The summed E-state index contributed by atoms with van der Waals surface area (Å²) in [6, 6.07) is 0. The monoisotopic (exact) mass is 220 g/mol. The fourth-order valence-electron chi connectivity index (χ4n) is 4.27. The van der Waals surface area contributed by atoms with Gasteiger partial charge in [-0.15, -0.1) is 0 Å². The number of carbonyl (C=O) groups excluding carboxylic acids is 1. The van der Waals surface area contributed by atoms with E-state index in [9.17, 15) is 4.79 Å². The molecule has 0 amide bonds. The average molecular weight is 220 g/mol. The molecule has 2 nitrogen and oxygen atoms in total. The molecular weight excluding hydrogens is 200 g/mol. The smallest absolute Gasteiger partial charge is 0.305 e. The van der Waals surface area contributed by atoms with Gasteiger partial charge in [0.25, 0.3) is 0 Å². The van der Waals surface area contributed by atoms with Crippen LogP contribution in [0.25, 0.3) is 0 Å². The molecule has 0 N–H and O–H groups in total. The Kier molecular flexibility index (Phi) is 2.34. The van der Waals surface area contributed by atoms with Crippen LogP contribution in [0.5, 0.6) is 0 Å². The van der Waals surface area contributed by atoms with E-state index in [1.807, 2.05) is 6.92 Å². The van der Waals surface area contributed by atoms with Crippen LogP contribution in [0.1, 0.15) is 45.4 Å². The number of ether oxygens (including phenoxy) is 1. The highest BCUT2D eigenvalue weighted by Gasteiger charge is 2.60. The van der Waals surface area contributed by atoms with Crippen LogP contribution < -0.4 is 0 Å². The van der Waals surface area contributed by atoms with Gasteiger partial charge in [0.1, 0.15) is 6.10 Å². The quantitative estimate of drug-likeness (QED) is 0.528. The normalized spacial score (nSPS) is 44.4. The third-order valence-corrected chi connectivity index (χ3v) is 5.06. The van der Waals surface area contributed by atoms with E-state index in [1.54, 1.807) is 0 Å². The lowest BCUT2D eigenvalue weighted by Gasteiger charge is -2.38. The molecule has 0 unspecified atom stereocenters. The molecule has 0 aromatic rings. The molecule has 4 atom stereocenters. The molecule has 0 aromatic carbocycles. The summed E-state index contributed by atoms with van der Waals surface area (Å²) in [6.45, 7) is 1.88. The molecule has 0 saturated heterocycles. The van der Waals surface area contributed by atoms with Crippen molar-refractivity contribution in [3.05, 3.63) is 12.2 Å². The SMILES string of the molecule is CCC(=O)O[C@H]1C[C@H]2CC[C@]13CC=CC[C@H]23. The molecular formula is C14H20O2. The Morgan fingerprint density at radius 2 is 2.38 bits per heavy atom. The predicted molar refractivity (Wildman–Crippen MR) is 61.8 cm³/mol. The van der Waals surface area contributed by atoms with Crippen LogP contribution in [0.3, 0.4) is 0 Å². The number of rotatable bonds is 2. The van der Waals surface area contributed by atoms with Crippen LogP contribution in [0.4, 0.5) is 0 Å². The van der Waals surface area contributed by atoms with Crippen LogP contribution in [0, 0.1) is 17.3 Å². The molecule has 3 rings (SSSR count). The van der Waals surface area contributed by atoms with Gasteiger partial charge in [0.05, 0.1) is 0 Å². The van der Waals surface area contributed by atoms with Crippen molar-refractivity contribution < 1.29 is 9.53 Å². The number of hydrogen-bond donors (Lipinski definition) is 0. The maximum Gasteiger partial charge on any atom is 0.305 e. The highest BCUT2D eigenvalue weighted by molar-refractivity contribution is 5.69. The average Bonchev–Trinajstić information content (AvgIpc) is 2.82. The minimum absolute atomic E-state index is 0.0137. The van der Waals surface area contributed by atoms with E-state index in [1.165, 1.54) is 19.3 Å². The minimum Gasteiger partial charge on any atom is -0.462 e. The standard InChI is InChI=1S/C14H20O2/c1-2-13(15)16-12-9-10-6-8-14(12)7-4-3-5-11(10)14/h3-4,10-12H,2,5-9H2,1H3/t10-,11-,12+,14+/m1/s1. The van der Waals surface area contributed by atoms with Crippen LogP contribution in [0.2, 0.25) is 0 Å². The van der Waals surface area contributed by atoms with Crippen LogP contribution in [-0.2, 0) is 9.53 Å². The maximum atomic E-state index is 11.5. The fraction of sp³-hybridized carbons (Fsp3) is 0.786. The van der Waals surface area contributed by atoms with Crippen molar-refractivity contribution in [3.63, 3.8) is 0 Å². The number of esters is 1. The van der Waals surface area contributed by atoms with Gasteiger partial charge in [-0.1, -0.05) is 19.1 Å². The minimum atomic E-state index is -0.0137. The highest BCUT2D eigenvalue weighted by atomic mass is 16.5. The first-order chi connectivity index (χ1) is 7.76. The van der Waals surface area contributed by atoms with Gasteiger partial charge in [0.2, 0.25) is 0 Å². The summed E-state index contributed by atoms with van der Waals surface area (Å²) in [5.41, 5.74) is 0.324. The third kappa shape index (κ3) is 1.28. The Hall–Kier alpha value is -0.790. The lowest BCUT2D eigenvalue weighted by molar-refractivity contribution is -0.156. The topological polar surface area (TPSA) is 26.3 Å². The van der Waals surface area contributed by atoms with Crippen LogP contribution in [-0.4, -0.2) is 12.1 Å². The molecule has 2 bridgehead atoms. The molecule has 16 heavy (non-hydrogen) atoms. The van der Waals surface area contributed by atoms with Crippen molar-refractivity contribution in [2.75, 3.05) is 0 Å². The first-order valence-electron chi connectivity index (χ1n) is 6.61. The lowest BCUT2D eigenvalue weighted by Crippen LogP contribution is -2.38. The molecule has 3 aliphatic rings. The van der Waals surface area contributed by atoms with E-state index in [-0.39, 0.29) is 12.1 Å². The first-order valence-corrected chi connectivity index (χ1v) is 6.61. The molecule has 0 aromatic heterocycles. The summed E-state index contributed by atoms with van der Waals surface area (Å²) >= 11 is 0. The second-order valence-electron chi connectivity index (χ2n) is 5.62. The molecule has 2 fully saturated rings.